The van der Waals surface area contributed by atoms with Gasteiger partial charge in [0.25, 0.3) is 0 Å². The van der Waals surface area contributed by atoms with Crippen molar-refractivity contribution in [1.82, 2.24) is 0 Å². The Kier molecular flexibility index (Phi) is 4.35. The highest BCUT2D eigenvalue weighted by molar-refractivity contribution is 6.90. The molecule has 5 aromatic rings. The molecule has 2 heteroatoms. The van der Waals surface area contributed by atoms with Gasteiger partial charge in [0.05, 0.1) is 0 Å². The van der Waals surface area contributed by atoms with E-state index in [-0.39, 0.29) is 12.3 Å². The first kappa shape index (κ1) is 20.3. The Bertz CT molecular complexity index is 1570. The highest BCUT2D eigenvalue weighted by Crippen LogP contribution is 2.50. The molecule has 166 valence electrons. The van der Waals surface area contributed by atoms with Crippen LogP contribution in [0, 0.1) is 0 Å². The molecule has 1 heterocycles. The van der Waals surface area contributed by atoms with Crippen molar-refractivity contribution in [3.8, 4) is 22.3 Å². The Balaban J connectivity index is 1.58. The van der Waals surface area contributed by atoms with E-state index in [1.807, 2.05) is 0 Å². The number of hydrogen-bond donors (Lipinski definition) is 0. The number of benzene rings is 5. The predicted octanol–water partition coefficient (Wildman–Crippen LogP) is 6.92. The summed E-state index contributed by atoms with van der Waals surface area (Å²) in [4.78, 5) is 2.52. The van der Waals surface area contributed by atoms with Gasteiger partial charge >= 0.3 is 6.85 Å². The maximum absolute atomic E-state index is 2.52. The summed E-state index contributed by atoms with van der Waals surface area (Å²) < 4.78 is 0. The van der Waals surface area contributed by atoms with Crippen molar-refractivity contribution in [2.75, 3.05) is 4.81 Å². The zero-order chi connectivity index (χ0) is 23.6. The van der Waals surface area contributed by atoms with E-state index in [0.29, 0.717) is 0 Å². The number of para-hydroxylation sites is 2. The van der Waals surface area contributed by atoms with Crippen LogP contribution in [0.15, 0.2) is 121 Å². The Hall–Kier alpha value is -4.04. The molecule has 1 nitrogen and oxygen atoms in total. The minimum absolute atomic E-state index is 0.0191. The van der Waals surface area contributed by atoms with Crippen molar-refractivity contribution in [2.45, 2.75) is 19.3 Å². The molecule has 0 N–H and O–H groups in total. The fourth-order valence-corrected chi connectivity index (χ4v) is 6.25. The van der Waals surface area contributed by atoms with Crippen molar-refractivity contribution in [2.24, 2.45) is 0 Å². The van der Waals surface area contributed by atoms with Gasteiger partial charge in [0.2, 0.25) is 0 Å². The smallest absolute Gasteiger partial charge is 0.328 e. The lowest BCUT2D eigenvalue weighted by molar-refractivity contribution is 0.660. The third-order valence-electron chi connectivity index (χ3n) is 7.91. The third-order valence-corrected chi connectivity index (χ3v) is 7.91. The number of rotatable bonds is 2. The highest BCUT2D eigenvalue weighted by Gasteiger charge is 2.41. The van der Waals surface area contributed by atoms with Gasteiger partial charge in [-0.25, -0.2) is 0 Å². The van der Waals surface area contributed by atoms with Crippen molar-refractivity contribution in [3.63, 3.8) is 0 Å². The average Bonchev–Trinajstić information content (AvgIpc) is 3.14. The Labute approximate surface area is 207 Å². The molecule has 5 aromatic carbocycles. The van der Waals surface area contributed by atoms with Crippen LogP contribution in [-0.2, 0) is 5.41 Å². The normalized spacial score (nSPS) is 14.7. The van der Waals surface area contributed by atoms with Crippen LogP contribution < -0.4 is 15.7 Å². The van der Waals surface area contributed by atoms with Crippen molar-refractivity contribution < 1.29 is 0 Å². The molecule has 1 aliphatic heterocycles. The van der Waals surface area contributed by atoms with Crippen molar-refractivity contribution in [1.29, 1.82) is 0 Å². The van der Waals surface area contributed by atoms with Gasteiger partial charge in [0.15, 0.2) is 0 Å². The first-order valence-electron chi connectivity index (χ1n) is 12.4. The van der Waals surface area contributed by atoms with Gasteiger partial charge in [-0.3, -0.25) is 0 Å². The first-order valence-corrected chi connectivity index (χ1v) is 12.4. The molecule has 0 saturated carbocycles. The Morgan fingerprint density at radius 3 is 1.94 bits per heavy atom. The highest BCUT2D eigenvalue weighted by atomic mass is 15.1. The number of anilines is 2. The van der Waals surface area contributed by atoms with Crippen LogP contribution >= 0.6 is 0 Å². The molecule has 0 amide bonds. The van der Waals surface area contributed by atoms with Gasteiger partial charge < -0.3 is 4.81 Å². The molecule has 2 aliphatic rings. The van der Waals surface area contributed by atoms with E-state index in [2.05, 4.69) is 140 Å². The lowest BCUT2D eigenvalue weighted by Crippen LogP contribution is -2.57. The standard InChI is InChI=1S/C33H26BN/c1-33(2)29-19-11-9-17-25(29)27-22-31-28(21-30(27)33)26-18-10-12-20-32(26)35(24-15-7-4-8-16-24)34(31)23-13-5-3-6-14-23/h3-22H,1-2H3. The van der Waals surface area contributed by atoms with Crippen LogP contribution in [0.4, 0.5) is 11.4 Å². The minimum Gasteiger partial charge on any atom is -0.376 e. The summed E-state index contributed by atoms with van der Waals surface area (Å²) in [7, 11) is 0. The molecule has 0 fully saturated rings. The topological polar surface area (TPSA) is 3.24 Å². The summed E-state index contributed by atoms with van der Waals surface area (Å²) in [5.74, 6) is 0. The van der Waals surface area contributed by atoms with E-state index in [9.17, 15) is 0 Å². The van der Waals surface area contributed by atoms with Crippen LogP contribution in [0.25, 0.3) is 22.3 Å². The average molecular weight is 447 g/mol. The largest absolute Gasteiger partial charge is 0.376 e. The number of hydrogen-bond acceptors (Lipinski definition) is 1. The molecular weight excluding hydrogens is 421 g/mol. The molecule has 0 radical (unpaired) electrons. The van der Waals surface area contributed by atoms with Crippen molar-refractivity contribution in [3.05, 3.63) is 132 Å². The second-order valence-corrected chi connectivity index (χ2v) is 10.2. The minimum atomic E-state index is -0.0191. The van der Waals surface area contributed by atoms with E-state index >= 15 is 0 Å². The number of fused-ring (bicyclic) bond motifs is 6. The summed E-state index contributed by atoms with van der Waals surface area (Å²) in [5.41, 5.74) is 13.3. The summed E-state index contributed by atoms with van der Waals surface area (Å²) in [6.07, 6.45) is 0. The second kappa shape index (κ2) is 7.48. The molecule has 0 atom stereocenters. The molecule has 0 saturated heterocycles. The summed E-state index contributed by atoms with van der Waals surface area (Å²) in [5, 5.41) is 0. The zero-order valence-electron chi connectivity index (χ0n) is 20.1. The van der Waals surface area contributed by atoms with Gasteiger partial charge in [-0.05, 0) is 51.5 Å². The first-order chi connectivity index (χ1) is 17.1. The molecule has 35 heavy (non-hydrogen) atoms. The lowest BCUT2D eigenvalue weighted by Gasteiger charge is -2.39. The maximum Gasteiger partial charge on any atom is 0.328 e. The quantitative estimate of drug-likeness (QED) is 0.266. The Morgan fingerprint density at radius 2 is 1.17 bits per heavy atom. The SMILES string of the molecule is CC1(C)c2ccccc2-c2cc3c(cc21)-c1ccccc1N(c1ccccc1)B3c1ccccc1. The van der Waals surface area contributed by atoms with Crippen LogP contribution in [0.5, 0.6) is 0 Å². The molecule has 7 rings (SSSR count). The van der Waals surface area contributed by atoms with E-state index < -0.39 is 0 Å². The van der Waals surface area contributed by atoms with Crippen molar-refractivity contribution >= 4 is 29.1 Å². The van der Waals surface area contributed by atoms with Gasteiger partial charge in [-0.15, -0.1) is 0 Å². The summed E-state index contributed by atoms with van der Waals surface area (Å²) >= 11 is 0. The fraction of sp³-hybridized carbons (Fsp3) is 0.0909. The lowest BCUT2D eigenvalue weighted by atomic mass is 9.45. The maximum atomic E-state index is 2.52. The third kappa shape index (κ3) is 2.90. The summed E-state index contributed by atoms with van der Waals surface area (Å²) in [6, 6.07) is 44.6. The second-order valence-electron chi connectivity index (χ2n) is 10.2. The van der Waals surface area contributed by atoms with Crippen LogP contribution in [-0.4, -0.2) is 6.85 Å². The van der Waals surface area contributed by atoms with E-state index in [4.69, 9.17) is 0 Å². The summed E-state index contributed by atoms with van der Waals surface area (Å²) in [6.45, 7) is 4.82. The monoisotopic (exact) mass is 447 g/mol. The molecule has 0 bridgehead atoms. The van der Waals surface area contributed by atoms with Crippen LogP contribution in [0.1, 0.15) is 25.0 Å². The van der Waals surface area contributed by atoms with E-state index in [1.54, 1.807) is 0 Å². The van der Waals surface area contributed by atoms with Gasteiger partial charge in [0, 0.05) is 22.4 Å². The molecule has 0 spiro atoms. The van der Waals surface area contributed by atoms with Crippen LogP contribution in [0.3, 0.4) is 0 Å². The molecule has 0 unspecified atom stereocenters. The van der Waals surface area contributed by atoms with Gasteiger partial charge in [0.1, 0.15) is 0 Å². The molecule has 0 aromatic heterocycles. The number of nitrogens with zero attached hydrogens (tertiary/aromatic N) is 1. The van der Waals surface area contributed by atoms with E-state index in [0.717, 1.165) is 0 Å². The molecule has 1 aliphatic carbocycles. The van der Waals surface area contributed by atoms with Gasteiger partial charge in [-0.1, -0.05) is 122 Å². The fourth-order valence-electron chi connectivity index (χ4n) is 6.25. The molecular formula is C33H26BN. The van der Waals surface area contributed by atoms with Crippen LogP contribution in [0.2, 0.25) is 0 Å². The van der Waals surface area contributed by atoms with Gasteiger partial charge in [-0.2, -0.15) is 0 Å². The Morgan fingerprint density at radius 1 is 0.543 bits per heavy atom. The van der Waals surface area contributed by atoms with E-state index in [1.165, 1.54) is 55.7 Å². The predicted molar refractivity (Wildman–Crippen MR) is 149 cm³/mol. The zero-order valence-corrected chi connectivity index (χ0v) is 20.1.